The maximum atomic E-state index is 5.61. The summed E-state index contributed by atoms with van der Waals surface area (Å²) in [7, 11) is 5.63. The third-order valence-corrected chi connectivity index (χ3v) is 2.48. The van der Waals surface area contributed by atoms with E-state index in [2.05, 4.69) is 22.4 Å². The molecule has 0 amide bonds. The summed E-state index contributed by atoms with van der Waals surface area (Å²) in [6, 6.07) is 10.2. The van der Waals surface area contributed by atoms with E-state index in [1.54, 1.807) is 7.05 Å². The van der Waals surface area contributed by atoms with Gasteiger partial charge in [0.2, 0.25) is 0 Å². The molecule has 0 bridgehead atoms. The highest BCUT2D eigenvalue weighted by Gasteiger charge is 2.02. The van der Waals surface area contributed by atoms with Crippen LogP contribution in [0.4, 0.5) is 0 Å². The number of nitrogens with one attached hydrogen (secondary N) is 1. The molecule has 94 valence electrons. The lowest BCUT2D eigenvalue weighted by molar-refractivity contribution is 0.111. The van der Waals surface area contributed by atoms with Crippen molar-refractivity contribution in [2.75, 3.05) is 34.3 Å². The number of guanidine groups is 1. The topological polar surface area (TPSA) is 36.9 Å². The summed E-state index contributed by atoms with van der Waals surface area (Å²) < 4.78 is 5.61. The predicted molar refractivity (Wildman–Crippen MR) is 71.1 cm³/mol. The first-order chi connectivity index (χ1) is 8.27. The molecule has 0 saturated carbocycles. The van der Waals surface area contributed by atoms with E-state index in [0.29, 0.717) is 13.2 Å². The van der Waals surface area contributed by atoms with Gasteiger partial charge < -0.3 is 15.0 Å². The Balaban J connectivity index is 2.20. The molecule has 1 rings (SSSR count). The molecule has 0 aliphatic carbocycles. The number of aliphatic imine (C=N–C) groups is 1. The molecule has 0 spiro atoms. The Bertz CT molecular complexity index is 338. The molecule has 0 aromatic heterocycles. The summed E-state index contributed by atoms with van der Waals surface area (Å²) in [5, 5.41) is 3.03. The van der Waals surface area contributed by atoms with Gasteiger partial charge in [0.15, 0.2) is 5.96 Å². The van der Waals surface area contributed by atoms with Crippen LogP contribution < -0.4 is 5.32 Å². The smallest absolute Gasteiger partial charge is 0.193 e. The molecular formula is C13H21N3O. The van der Waals surface area contributed by atoms with Gasteiger partial charge in [-0.15, -0.1) is 0 Å². The van der Waals surface area contributed by atoms with Gasteiger partial charge in [-0.2, -0.15) is 0 Å². The van der Waals surface area contributed by atoms with Gasteiger partial charge in [-0.3, -0.25) is 4.99 Å². The lowest BCUT2D eigenvalue weighted by atomic mass is 10.2. The summed E-state index contributed by atoms with van der Waals surface area (Å²) in [6.45, 7) is 2.17. The number of hydrogen-bond acceptors (Lipinski definition) is 2. The van der Waals surface area contributed by atoms with Crippen molar-refractivity contribution in [1.82, 2.24) is 10.2 Å². The van der Waals surface area contributed by atoms with Gasteiger partial charge in [0.25, 0.3) is 0 Å². The summed E-state index contributed by atoms with van der Waals surface area (Å²) in [5.74, 6) is 0.869. The van der Waals surface area contributed by atoms with Gasteiger partial charge in [-0.25, -0.2) is 0 Å². The maximum absolute atomic E-state index is 5.61. The van der Waals surface area contributed by atoms with Crippen LogP contribution in [-0.4, -0.2) is 45.2 Å². The van der Waals surface area contributed by atoms with E-state index >= 15 is 0 Å². The number of nitrogens with zero attached hydrogens (tertiary/aromatic N) is 2. The summed E-state index contributed by atoms with van der Waals surface area (Å²) >= 11 is 0. The first-order valence-electron chi connectivity index (χ1n) is 5.75. The minimum atomic E-state index is 0.660. The summed E-state index contributed by atoms with van der Waals surface area (Å²) in [6.07, 6.45) is 0. The average molecular weight is 235 g/mol. The third kappa shape index (κ3) is 4.87. The Morgan fingerprint density at radius 1 is 1.35 bits per heavy atom. The van der Waals surface area contributed by atoms with E-state index < -0.39 is 0 Å². The number of likely N-dealkylation sites (N-methyl/N-ethyl adjacent to an activating group) is 1. The molecule has 0 atom stereocenters. The molecule has 0 heterocycles. The summed E-state index contributed by atoms with van der Waals surface area (Å²) in [4.78, 5) is 6.15. The van der Waals surface area contributed by atoms with Crippen LogP contribution in [0.25, 0.3) is 0 Å². The lowest BCUT2D eigenvalue weighted by Gasteiger charge is -2.20. The van der Waals surface area contributed by atoms with Crippen LogP contribution in [-0.2, 0) is 11.3 Å². The molecular weight excluding hydrogens is 214 g/mol. The summed E-state index contributed by atoms with van der Waals surface area (Å²) in [5.41, 5.74) is 1.20. The fraction of sp³-hybridized carbons (Fsp3) is 0.462. The third-order valence-electron chi connectivity index (χ3n) is 2.48. The number of hydrogen-bond donors (Lipinski definition) is 1. The molecule has 0 saturated heterocycles. The molecule has 0 radical (unpaired) electrons. The van der Waals surface area contributed by atoms with Crippen LogP contribution >= 0.6 is 0 Å². The maximum Gasteiger partial charge on any atom is 0.193 e. The predicted octanol–water partition coefficient (Wildman–Crippen LogP) is 1.34. The monoisotopic (exact) mass is 235 g/mol. The van der Waals surface area contributed by atoms with Crippen LogP contribution in [0, 0.1) is 0 Å². The second-order valence-corrected chi connectivity index (χ2v) is 3.76. The van der Waals surface area contributed by atoms with Gasteiger partial charge in [0, 0.05) is 27.7 Å². The second-order valence-electron chi connectivity index (χ2n) is 3.76. The molecule has 17 heavy (non-hydrogen) atoms. The Hall–Kier alpha value is -1.55. The van der Waals surface area contributed by atoms with E-state index in [4.69, 9.17) is 4.74 Å². The molecule has 1 aromatic rings. The van der Waals surface area contributed by atoms with Gasteiger partial charge in [0.1, 0.15) is 0 Å². The molecule has 0 aliphatic rings. The van der Waals surface area contributed by atoms with Crippen molar-refractivity contribution in [3.63, 3.8) is 0 Å². The van der Waals surface area contributed by atoms with Crippen molar-refractivity contribution in [3.05, 3.63) is 35.9 Å². The molecule has 1 N–H and O–H groups in total. The second kappa shape index (κ2) is 7.68. The van der Waals surface area contributed by atoms with E-state index in [-0.39, 0.29) is 0 Å². The van der Waals surface area contributed by atoms with Crippen LogP contribution in [0.5, 0.6) is 0 Å². The van der Waals surface area contributed by atoms with Gasteiger partial charge in [0.05, 0.1) is 13.2 Å². The van der Waals surface area contributed by atoms with Crippen LogP contribution in [0.1, 0.15) is 5.56 Å². The zero-order valence-electron chi connectivity index (χ0n) is 10.8. The van der Waals surface area contributed by atoms with Crippen molar-refractivity contribution in [2.24, 2.45) is 4.99 Å². The van der Waals surface area contributed by atoms with Crippen LogP contribution in [0.3, 0.4) is 0 Å². The molecule has 0 unspecified atom stereocenters. The molecule has 0 aliphatic heterocycles. The van der Waals surface area contributed by atoms with Crippen LogP contribution in [0.15, 0.2) is 35.3 Å². The van der Waals surface area contributed by atoms with Gasteiger partial charge in [-0.1, -0.05) is 30.3 Å². The highest BCUT2D eigenvalue weighted by Crippen LogP contribution is 2.00. The highest BCUT2D eigenvalue weighted by atomic mass is 16.5. The SMILES string of the molecule is CN=C(NC)N(C)CCOCc1ccccc1. The van der Waals surface area contributed by atoms with Crippen molar-refractivity contribution >= 4 is 5.96 Å². The Kier molecular flexibility index (Phi) is 6.10. The Labute approximate surface area is 103 Å². The standard InChI is InChI=1S/C13H21N3O/c1-14-13(15-2)16(3)9-10-17-11-12-7-5-4-6-8-12/h4-8H,9-11H2,1-3H3,(H,14,15). The zero-order chi connectivity index (χ0) is 12.5. The zero-order valence-corrected chi connectivity index (χ0v) is 10.8. The van der Waals surface area contributed by atoms with Crippen molar-refractivity contribution < 1.29 is 4.74 Å². The molecule has 0 fully saturated rings. The Morgan fingerprint density at radius 3 is 2.65 bits per heavy atom. The first-order valence-corrected chi connectivity index (χ1v) is 5.75. The fourth-order valence-electron chi connectivity index (χ4n) is 1.55. The minimum absolute atomic E-state index is 0.660. The van der Waals surface area contributed by atoms with E-state index in [1.165, 1.54) is 5.56 Å². The van der Waals surface area contributed by atoms with E-state index in [0.717, 1.165) is 12.5 Å². The molecule has 4 nitrogen and oxygen atoms in total. The van der Waals surface area contributed by atoms with Crippen LogP contribution in [0.2, 0.25) is 0 Å². The highest BCUT2D eigenvalue weighted by molar-refractivity contribution is 5.79. The number of ether oxygens (including phenoxy) is 1. The van der Waals surface area contributed by atoms with Crippen molar-refractivity contribution in [3.8, 4) is 0 Å². The minimum Gasteiger partial charge on any atom is -0.375 e. The Morgan fingerprint density at radius 2 is 2.06 bits per heavy atom. The fourth-order valence-corrected chi connectivity index (χ4v) is 1.55. The first kappa shape index (κ1) is 13.5. The van der Waals surface area contributed by atoms with Crippen molar-refractivity contribution in [1.29, 1.82) is 0 Å². The van der Waals surface area contributed by atoms with Crippen molar-refractivity contribution in [2.45, 2.75) is 6.61 Å². The molecule has 4 heteroatoms. The van der Waals surface area contributed by atoms with Gasteiger partial charge >= 0.3 is 0 Å². The normalized spacial score (nSPS) is 11.4. The average Bonchev–Trinajstić information content (AvgIpc) is 2.37. The van der Waals surface area contributed by atoms with E-state index in [1.807, 2.05) is 37.2 Å². The van der Waals surface area contributed by atoms with E-state index in [9.17, 15) is 0 Å². The lowest BCUT2D eigenvalue weighted by Crippen LogP contribution is -2.38. The number of rotatable bonds is 5. The van der Waals surface area contributed by atoms with Gasteiger partial charge in [-0.05, 0) is 5.56 Å². The number of benzene rings is 1. The quantitative estimate of drug-likeness (QED) is 0.475. The molecule has 1 aromatic carbocycles. The largest absolute Gasteiger partial charge is 0.375 e.